The molecular weight excluding hydrogens is 258 g/mol. The molecule has 104 valence electrons. The van der Waals surface area contributed by atoms with Crippen molar-refractivity contribution in [3.05, 3.63) is 43.0 Å². The van der Waals surface area contributed by atoms with E-state index >= 15 is 0 Å². The van der Waals surface area contributed by atoms with Crippen molar-refractivity contribution in [1.82, 2.24) is 14.9 Å². The summed E-state index contributed by atoms with van der Waals surface area (Å²) in [6, 6.07) is 7.33. The van der Waals surface area contributed by atoms with Gasteiger partial charge in [-0.05, 0) is 12.1 Å². The van der Waals surface area contributed by atoms with Crippen molar-refractivity contribution in [3.63, 3.8) is 0 Å². The molecule has 2 aromatic rings. The van der Waals surface area contributed by atoms with Crippen LogP contribution in [0.15, 0.2) is 43.0 Å². The van der Waals surface area contributed by atoms with E-state index in [-0.39, 0.29) is 12.5 Å². The minimum Gasteiger partial charge on any atom is -0.485 e. The Morgan fingerprint density at radius 3 is 3.05 bits per heavy atom. The minimum atomic E-state index is -0.604. The van der Waals surface area contributed by atoms with Crippen LogP contribution in [0.5, 0.6) is 11.5 Å². The van der Waals surface area contributed by atoms with Gasteiger partial charge in [-0.1, -0.05) is 12.1 Å². The summed E-state index contributed by atoms with van der Waals surface area (Å²) in [5.41, 5.74) is 0. The fourth-order valence-corrected chi connectivity index (χ4v) is 1.99. The quantitative estimate of drug-likeness (QED) is 0.896. The van der Waals surface area contributed by atoms with E-state index in [2.05, 4.69) is 10.3 Å². The number of carbonyl (C=O) groups excluding carboxylic acids is 1. The second-order valence-electron chi connectivity index (χ2n) is 4.46. The zero-order valence-electron chi connectivity index (χ0n) is 10.9. The van der Waals surface area contributed by atoms with E-state index in [1.54, 1.807) is 18.6 Å². The van der Waals surface area contributed by atoms with Gasteiger partial charge in [0, 0.05) is 25.5 Å². The lowest BCUT2D eigenvalue weighted by Crippen LogP contribution is -2.44. The average Bonchev–Trinajstić information content (AvgIpc) is 3.00. The van der Waals surface area contributed by atoms with Gasteiger partial charge < -0.3 is 19.4 Å². The van der Waals surface area contributed by atoms with Crippen LogP contribution in [0.4, 0.5) is 0 Å². The van der Waals surface area contributed by atoms with Crippen LogP contribution in [0, 0.1) is 0 Å². The Balaban J connectivity index is 1.51. The largest absolute Gasteiger partial charge is 0.485 e. The third-order valence-corrected chi connectivity index (χ3v) is 3.03. The van der Waals surface area contributed by atoms with E-state index < -0.39 is 6.10 Å². The average molecular weight is 273 g/mol. The first-order chi connectivity index (χ1) is 9.83. The minimum absolute atomic E-state index is 0.167. The van der Waals surface area contributed by atoms with Gasteiger partial charge in [0.2, 0.25) is 6.10 Å². The number of hydrogen-bond acceptors (Lipinski definition) is 4. The summed E-state index contributed by atoms with van der Waals surface area (Å²) in [4.78, 5) is 15.9. The number of nitrogens with one attached hydrogen (secondary N) is 1. The number of nitrogens with zero attached hydrogens (tertiary/aromatic N) is 2. The summed E-state index contributed by atoms with van der Waals surface area (Å²) >= 11 is 0. The number of carbonyl (C=O) groups is 1. The third kappa shape index (κ3) is 2.74. The molecule has 0 saturated heterocycles. The molecule has 1 aromatic carbocycles. The molecular formula is C14H15N3O3. The van der Waals surface area contributed by atoms with Gasteiger partial charge in [-0.2, -0.15) is 0 Å². The summed E-state index contributed by atoms with van der Waals surface area (Å²) < 4.78 is 13.0. The summed E-state index contributed by atoms with van der Waals surface area (Å²) in [6.45, 7) is 1.43. The highest BCUT2D eigenvalue weighted by atomic mass is 16.6. The number of benzene rings is 1. The molecule has 3 rings (SSSR count). The highest BCUT2D eigenvalue weighted by molar-refractivity contribution is 5.81. The van der Waals surface area contributed by atoms with E-state index in [9.17, 15) is 4.79 Å². The lowest BCUT2D eigenvalue weighted by atomic mass is 10.2. The maximum Gasteiger partial charge on any atom is 0.264 e. The SMILES string of the molecule is O=C(NCCn1ccnc1)[C@H]1COc2ccccc2O1. The Hall–Kier alpha value is -2.50. The van der Waals surface area contributed by atoms with Gasteiger partial charge in [0.05, 0.1) is 6.33 Å². The monoisotopic (exact) mass is 273 g/mol. The lowest BCUT2D eigenvalue weighted by molar-refractivity contribution is -0.130. The van der Waals surface area contributed by atoms with Crippen LogP contribution >= 0.6 is 0 Å². The fourth-order valence-electron chi connectivity index (χ4n) is 1.99. The molecule has 0 fully saturated rings. The van der Waals surface area contributed by atoms with Crippen molar-refractivity contribution in [3.8, 4) is 11.5 Å². The number of hydrogen-bond donors (Lipinski definition) is 1. The molecule has 6 heteroatoms. The highest BCUT2D eigenvalue weighted by Gasteiger charge is 2.26. The van der Waals surface area contributed by atoms with Crippen LogP contribution in [-0.4, -0.2) is 34.7 Å². The number of ether oxygens (including phenoxy) is 2. The highest BCUT2D eigenvalue weighted by Crippen LogP contribution is 2.30. The molecule has 1 aliphatic rings. The summed E-state index contributed by atoms with van der Waals surface area (Å²) in [6.07, 6.45) is 4.66. The van der Waals surface area contributed by atoms with E-state index in [0.29, 0.717) is 24.6 Å². The van der Waals surface area contributed by atoms with Crippen LogP contribution in [0.1, 0.15) is 0 Å². The van der Waals surface area contributed by atoms with Gasteiger partial charge in [0.15, 0.2) is 11.5 Å². The van der Waals surface area contributed by atoms with Crippen molar-refractivity contribution in [2.24, 2.45) is 0 Å². The number of aromatic nitrogens is 2. The smallest absolute Gasteiger partial charge is 0.264 e. The number of imidazole rings is 1. The Morgan fingerprint density at radius 1 is 1.40 bits per heavy atom. The van der Waals surface area contributed by atoms with Crippen LogP contribution in [0.2, 0.25) is 0 Å². The molecule has 0 radical (unpaired) electrons. The molecule has 0 bridgehead atoms. The Bertz CT molecular complexity index is 583. The fraction of sp³-hybridized carbons (Fsp3) is 0.286. The van der Waals surface area contributed by atoms with Crippen LogP contribution < -0.4 is 14.8 Å². The number of rotatable bonds is 4. The molecule has 2 heterocycles. The molecule has 0 aliphatic carbocycles. The van der Waals surface area contributed by atoms with Crippen molar-refractivity contribution >= 4 is 5.91 Å². The predicted octanol–water partition coefficient (Wildman–Crippen LogP) is 0.839. The number of fused-ring (bicyclic) bond motifs is 1. The normalized spacial score (nSPS) is 16.7. The molecule has 1 atom stereocenters. The Labute approximate surface area is 116 Å². The molecule has 1 aromatic heterocycles. The van der Waals surface area contributed by atoms with Crippen molar-refractivity contribution in [2.45, 2.75) is 12.6 Å². The van der Waals surface area contributed by atoms with Gasteiger partial charge in [-0.15, -0.1) is 0 Å². The van der Waals surface area contributed by atoms with Crippen molar-refractivity contribution in [2.75, 3.05) is 13.2 Å². The third-order valence-electron chi connectivity index (χ3n) is 3.03. The predicted molar refractivity (Wildman–Crippen MR) is 71.6 cm³/mol. The molecule has 1 N–H and O–H groups in total. The van der Waals surface area contributed by atoms with Crippen LogP contribution in [-0.2, 0) is 11.3 Å². The van der Waals surface area contributed by atoms with E-state index in [0.717, 1.165) is 0 Å². The first-order valence-electron chi connectivity index (χ1n) is 6.45. The van der Waals surface area contributed by atoms with Crippen LogP contribution in [0.25, 0.3) is 0 Å². The summed E-state index contributed by atoms with van der Waals surface area (Å²) in [7, 11) is 0. The maximum atomic E-state index is 12.0. The standard InChI is InChI=1S/C14H15N3O3/c18-14(16-6-8-17-7-5-15-10-17)13-9-19-11-3-1-2-4-12(11)20-13/h1-5,7,10,13H,6,8-9H2,(H,16,18)/t13-/m1/s1. The first kappa shape index (κ1) is 12.5. The van der Waals surface area contributed by atoms with Crippen molar-refractivity contribution in [1.29, 1.82) is 0 Å². The maximum absolute atomic E-state index is 12.0. The molecule has 1 amide bonds. The molecule has 6 nitrogen and oxygen atoms in total. The summed E-state index contributed by atoms with van der Waals surface area (Å²) in [5.74, 6) is 1.11. The summed E-state index contributed by atoms with van der Waals surface area (Å²) in [5, 5.41) is 2.83. The van der Waals surface area contributed by atoms with E-state index in [4.69, 9.17) is 9.47 Å². The zero-order chi connectivity index (χ0) is 13.8. The second kappa shape index (κ2) is 5.64. The van der Waals surface area contributed by atoms with Crippen molar-refractivity contribution < 1.29 is 14.3 Å². The zero-order valence-corrected chi connectivity index (χ0v) is 10.9. The number of para-hydroxylation sites is 2. The molecule has 0 unspecified atom stereocenters. The van der Waals surface area contributed by atoms with E-state index in [1.165, 1.54) is 0 Å². The van der Waals surface area contributed by atoms with Crippen LogP contribution in [0.3, 0.4) is 0 Å². The van der Waals surface area contributed by atoms with Gasteiger partial charge >= 0.3 is 0 Å². The van der Waals surface area contributed by atoms with Gasteiger partial charge in [-0.25, -0.2) is 4.98 Å². The Kier molecular flexibility index (Phi) is 3.54. The second-order valence-corrected chi connectivity index (χ2v) is 4.46. The molecule has 1 aliphatic heterocycles. The first-order valence-corrected chi connectivity index (χ1v) is 6.45. The Morgan fingerprint density at radius 2 is 2.25 bits per heavy atom. The topological polar surface area (TPSA) is 65.4 Å². The van der Waals surface area contributed by atoms with Gasteiger partial charge in [0.25, 0.3) is 5.91 Å². The molecule has 0 saturated carbocycles. The molecule has 20 heavy (non-hydrogen) atoms. The number of amides is 1. The van der Waals surface area contributed by atoms with Gasteiger partial charge in [-0.3, -0.25) is 4.79 Å². The van der Waals surface area contributed by atoms with Gasteiger partial charge in [0.1, 0.15) is 6.61 Å². The van der Waals surface area contributed by atoms with E-state index in [1.807, 2.05) is 29.0 Å². The lowest BCUT2D eigenvalue weighted by Gasteiger charge is -2.25. The molecule has 0 spiro atoms.